The number of ketones is 1. The van der Waals surface area contributed by atoms with Crippen molar-refractivity contribution in [1.82, 2.24) is 0 Å². The van der Waals surface area contributed by atoms with Gasteiger partial charge in [0, 0.05) is 16.4 Å². The van der Waals surface area contributed by atoms with Gasteiger partial charge in [0.1, 0.15) is 4.90 Å². The summed E-state index contributed by atoms with van der Waals surface area (Å²) >= 11 is 0. The summed E-state index contributed by atoms with van der Waals surface area (Å²) in [6.45, 7) is 9.97. The van der Waals surface area contributed by atoms with Gasteiger partial charge in [0.15, 0.2) is 5.78 Å². The third-order valence-electron chi connectivity index (χ3n) is 5.62. The van der Waals surface area contributed by atoms with Crippen LogP contribution in [0, 0.1) is 12.8 Å². The Kier molecular flexibility index (Phi) is 7.56. The van der Waals surface area contributed by atoms with Crippen molar-refractivity contribution in [2.45, 2.75) is 82.1 Å². The monoisotopic (exact) mass is 415 g/mol. The Balaban J connectivity index is 2.32. The predicted octanol–water partition coefficient (Wildman–Crippen LogP) is 5.46. The zero-order valence-corrected chi connectivity index (χ0v) is 18.9. The van der Waals surface area contributed by atoms with E-state index in [1.165, 1.54) is 6.42 Å². The fraction of sp³-hybridized carbons (Fsp3) is 0.667. The van der Waals surface area contributed by atoms with Crippen LogP contribution in [0.2, 0.25) is 0 Å². The lowest BCUT2D eigenvalue weighted by Crippen LogP contribution is -2.36. The van der Waals surface area contributed by atoms with Gasteiger partial charge in [-0.05, 0) is 69.9 Å². The Morgan fingerprint density at radius 2 is 1.52 bits per heavy atom. The van der Waals surface area contributed by atoms with Crippen LogP contribution in [0.5, 0.6) is 0 Å². The number of aryl methyl sites for hydroxylation is 1. The molecule has 2 rings (SSSR count). The Labute approximate surface area is 166 Å². The molecule has 0 unspecified atom stereocenters. The lowest BCUT2D eigenvalue weighted by molar-refractivity contribution is -0.121. The summed E-state index contributed by atoms with van der Waals surface area (Å²) in [7, 11) is -5.80. The molecule has 1 saturated carbocycles. The molecule has 1 aliphatic carbocycles. The third kappa shape index (κ3) is 5.36. The molecule has 0 bridgehead atoms. The summed E-state index contributed by atoms with van der Waals surface area (Å²) in [4.78, 5) is 13.3. The summed E-state index contributed by atoms with van der Waals surface area (Å²) in [6, 6.07) is 6.80. The molecule has 1 aromatic rings. The molecule has 0 saturated heterocycles. The first kappa shape index (κ1) is 22.4. The fourth-order valence-corrected chi connectivity index (χ4v) is 10.1. The zero-order valence-electron chi connectivity index (χ0n) is 17.3. The van der Waals surface area contributed by atoms with Gasteiger partial charge in [-0.3, -0.25) is 8.42 Å². The average molecular weight is 416 g/mol. The summed E-state index contributed by atoms with van der Waals surface area (Å²) in [5, 5.41) is 0.0653. The first-order valence-corrected chi connectivity index (χ1v) is 13.3. The second-order valence-corrected chi connectivity index (χ2v) is 14.0. The van der Waals surface area contributed by atoms with Crippen molar-refractivity contribution in [3.63, 3.8) is 0 Å². The maximum absolute atomic E-state index is 13.1. The van der Waals surface area contributed by atoms with Crippen LogP contribution in [0.1, 0.15) is 65.4 Å². The van der Waals surface area contributed by atoms with Gasteiger partial charge < -0.3 is 0 Å². The molecule has 6 heteroatoms. The molecule has 4 nitrogen and oxygen atoms in total. The van der Waals surface area contributed by atoms with Crippen molar-refractivity contribution >= 4 is 26.2 Å². The van der Waals surface area contributed by atoms with Crippen molar-refractivity contribution < 1.29 is 16.8 Å². The lowest BCUT2D eigenvalue weighted by Gasteiger charge is -2.41. The van der Waals surface area contributed by atoms with E-state index in [9.17, 15) is 13.2 Å². The second kappa shape index (κ2) is 9.10. The Hall–Kier alpha value is -0.850. The van der Waals surface area contributed by atoms with Crippen molar-refractivity contribution in [1.29, 1.82) is 0 Å². The van der Waals surface area contributed by atoms with Gasteiger partial charge >= 0.3 is 10.1 Å². The van der Waals surface area contributed by atoms with E-state index >= 15 is 0 Å². The molecule has 0 atom stereocenters. The summed E-state index contributed by atoms with van der Waals surface area (Å²) < 4.78 is 30.6. The van der Waals surface area contributed by atoms with E-state index < -0.39 is 20.4 Å². The molecule has 154 valence electrons. The first-order valence-electron chi connectivity index (χ1n) is 9.96. The quantitative estimate of drug-likeness (QED) is 0.418. The second-order valence-electron chi connectivity index (χ2n) is 8.22. The highest BCUT2D eigenvalue weighted by atomic mass is 32.3. The minimum Gasteiger partial charge on any atom is -0.298 e. The molecule has 1 aliphatic rings. The molecule has 27 heavy (non-hydrogen) atoms. The topological polar surface area (TPSA) is 64.0 Å². The maximum Gasteiger partial charge on any atom is 0.421 e. The maximum atomic E-state index is 13.1. The van der Waals surface area contributed by atoms with Crippen LogP contribution in [0.25, 0.3) is 0 Å². The standard InChI is InChI=1S/C21H34O4S2/c1-16(2)26(17(3)4,15-21(22)19-9-7-6-8-10-19)25-27(23,24)20-13-11-18(5)12-14-20/h11-14,16-17,19H,6-10,15H2,1-5H3/p+1. The van der Waals surface area contributed by atoms with E-state index in [0.717, 1.165) is 31.2 Å². The van der Waals surface area contributed by atoms with Crippen molar-refractivity contribution in [2.24, 2.45) is 5.92 Å². The normalized spacial score (nSPS) is 17.4. The number of Topliss-reactive ketones (excluding diaryl/α,β-unsaturated/α-hetero) is 1. The largest absolute Gasteiger partial charge is 0.421 e. The highest BCUT2D eigenvalue weighted by molar-refractivity contribution is 8.33. The van der Waals surface area contributed by atoms with Gasteiger partial charge in [0.25, 0.3) is 0 Å². The van der Waals surface area contributed by atoms with E-state index in [-0.39, 0.29) is 32.8 Å². The van der Waals surface area contributed by atoms with Crippen LogP contribution < -0.4 is 0 Å². The lowest BCUT2D eigenvalue weighted by atomic mass is 9.87. The van der Waals surface area contributed by atoms with Crippen molar-refractivity contribution in [2.75, 3.05) is 5.75 Å². The van der Waals surface area contributed by atoms with Gasteiger partial charge in [0.05, 0.1) is 5.75 Å². The zero-order chi connectivity index (χ0) is 20.2. The number of hydrogen-bond acceptors (Lipinski definition) is 3. The fourth-order valence-electron chi connectivity index (χ4n) is 3.78. The van der Waals surface area contributed by atoms with Crippen LogP contribution in [-0.4, -0.2) is 34.1 Å². The minimum absolute atomic E-state index is 0.0327. The Morgan fingerprint density at radius 1 is 1.00 bits per heavy atom. The molecule has 1 fully saturated rings. The molecule has 0 aliphatic heterocycles. The highest BCUT2D eigenvalue weighted by Gasteiger charge is 2.45. The van der Waals surface area contributed by atoms with Crippen LogP contribution in [0.3, 0.4) is 0 Å². The molecule has 1 aromatic carbocycles. The first-order chi connectivity index (χ1) is 12.6. The van der Waals surface area contributed by atoms with E-state index in [0.29, 0.717) is 0 Å². The van der Waals surface area contributed by atoms with E-state index in [1.54, 1.807) is 24.3 Å². The van der Waals surface area contributed by atoms with Gasteiger partial charge in [-0.15, -0.1) is 8.42 Å². The van der Waals surface area contributed by atoms with Gasteiger partial charge in [-0.1, -0.05) is 37.0 Å². The number of benzene rings is 1. The smallest absolute Gasteiger partial charge is 0.298 e. The number of carbonyl (C=O) groups is 1. The number of carbonyl (C=O) groups excluding carboxylic acids is 1. The van der Waals surface area contributed by atoms with E-state index in [2.05, 4.69) is 3.63 Å². The number of hydrogen-bond donors (Lipinski definition) is 0. The highest BCUT2D eigenvalue weighted by Crippen LogP contribution is 2.57. The van der Waals surface area contributed by atoms with Gasteiger partial charge in [0.2, 0.25) is 0 Å². The Bertz CT molecular complexity index is 722. The molecular weight excluding hydrogens is 380 g/mol. The van der Waals surface area contributed by atoms with Crippen molar-refractivity contribution in [3.05, 3.63) is 29.8 Å². The predicted molar refractivity (Wildman–Crippen MR) is 115 cm³/mol. The van der Waals surface area contributed by atoms with Crippen LogP contribution in [0.4, 0.5) is 0 Å². The molecular formula is C21H35O4S2+. The molecule has 0 spiro atoms. The Morgan fingerprint density at radius 3 is 2.00 bits per heavy atom. The SMILES string of the molecule is Cc1ccc(S(=O)(=O)[OH+]S(CC(=O)C2CCCCC2)(C(C)C)C(C)C)cc1. The van der Waals surface area contributed by atoms with Gasteiger partial charge in [-0.25, -0.2) is 0 Å². The molecule has 1 N–H and O–H groups in total. The molecule has 0 heterocycles. The van der Waals surface area contributed by atoms with E-state index in [4.69, 9.17) is 0 Å². The summed E-state index contributed by atoms with van der Waals surface area (Å²) in [5.74, 6) is 0.591. The molecule has 0 amide bonds. The molecule has 0 radical (unpaired) electrons. The third-order valence-corrected chi connectivity index (χ3v) is 12.4. The van der Waals surface area contributed by atoms with Gasteiger partial charge in [-0.2, -0.15) is 0 Å². The van der Waals surface area contributed by atoms with Crippen LogP contribution in [-0.2, 0) is 14.9 Å². The molecule has 0 aromatic heterocycles. The summed E-state index contributed by atoms with van der Waals surface area (Å²) in [5.41, 5.74) is 1.01. The summed E-state index contributed by atoms with van der Waals surface area (Å²) in [6.07, 6.45) is 5.27. The minimum atomic E-state index is -3.79. The van der Waals surface area contributed by atoms with E-state index in [1.807, 2.05) is 34.6 Å². The number of rotatable bonds is 8. The average Bonchev–Trinajstić information content (AvgIpc) is 2.61. The van der Waals surface area contributed by atoms with Crippen LogP contribution in [0.15, 0.2) is 29.2 Å². The van der Waals surface area contributed by atoms with Crippen molar-refractivity contribution in [3.8, 4) is 0 Å². The van der Waals surface area contributed by atoms with Crippen LogP contribution >= 0.6 is 10.3 Å².